The molecular formula is C8H10N4O. The maximum atomic E-state index is 8.81. The van der Waals surface area contributed by atoms with Gasteiger partial charge in [-0.15, -0.1) is 0 Å². The van der Waals surface area contributed by atoms with Crippen molar-refractivity contribution in [2.45, 2.75) is 6.61 Å². The Kier molecular flexibility index (Phi) is 1.86. The van der Waals surface area contributed by atoms with Crippen LogP contribution < -0.4 is 0 Å². The van der Waals surface area contributed by atoms with Crippen molar-refractivity contribution in [1.29, 1.82) is 0 Å². The molecule has 0 radical (unpaired) electrons. The summed E-state index contributed by atoms with van der Waals surface area (Å²) in [5.41, 5.74) is 1.47. The number of aromatic amines is 1. The lowest BCUT2D eigenvalue weighted by Crippen LogP contribution is -1.89. The van der Waals surface area contributed by atoms with Crippen molar-refractivity contribution in [3.8, 4) is 11.5 Å². The van der Waals surface area contributed by atoms with Crippen LogP contribution in [0.25, 0.3) is 11.5 Å². The lowest BCUT2D eigenvalue weighted by atomic mass is 10.4. The molecule has 5 nitrogen and oxygen atoms in total. The Labute approximate surface area is 75.0 Å². The molecule has 0 atom stereocenters. The SMILES string of the molecule is Cn1ccc(-c2ncc(CO)[nH]2)n1. The predicted octanol–water partition coefficient (Wildman–Crippen LogP) is 0.302. The number of H-pyrrole nitrogens is 1. The second-order valence-corrected chi connectivity index (χ2v) is 2.79. The molecule has 0 bridgehead atoms. The number of imidazole rings is 1. The molecule has 2 aromatic rings. The Hall–Kier alpha value is -1.62. The Morgan fingerprint density at radius 3 is 3.00 bits per heavy atom. The molecule has 0 aliphatic carbocycles. The lowest BCUT2D eigenvalue weighted by molar-refractivity contribution is 0.277. The second kappa shape index (κ2) is 3.02. The van der Waals surface area contributed by atoms with Crippen LogP contribution in [-0.4, -0.2) is 24.9 Å². The highest BCUT2D eigenvalue weighted by molar-refractivity contribution is 5.48. The first-order valence-corrected chi connectivity index (χ1v) is 3.94. The van der Waals surface area contributed by atoms with E-state index >= 15 is 0 Å². The van der Waals surface area contributed by atoms with Crippen molar-refractivity contribution in [3.05, 3.63) is 24.2 Å². The van der Waals surface area contributed by atoms with Gasteiger partial charge in [-0.25, -0.2) is 4.98 Å². The van der Waals surface area contributed by atoms with Gasteiger partial charge in [0, 0.05) is 13.2 Å². The van der Waals surface area contributed by atoms with Crippen LogP contribution in [-0.2, 0) is 13.7 Å². The molecule has 68 valence electrons. The predicted molar refractivity (Wildman–Crippen MR) is 46.7 cm³/mol. The maximum Gasteiger partial charge on any atom is 0.158 e. The minimum absolute atomic E-state index is 0.0279. The second-order valence-electron chi connectivity index (χ2n) is 2.79. The molecule has 5 heteroatoms. The van der Waals surface area contributed by atoms with Gasteiger partial charge < -0.3 is 10.1 Å². The van der Waals surface area contributed by atoms with E-state index in [2.05, 4.69) is 15.1 Å². The van der Waals surface area contributed by atoms with Gasteiger partial charge in [-0.2, -0.15) is 5.10 Å². The first kappa shape index (κ1) is 8.00. The summed E-state index contributed by atoms with van der Waals surface area (Å²) >= 11 is 0. The molecule has 0 aliphatic rings. The smallest absolute Gasteiger partial charge is 0.158 e. The van der Waals surface area contributed by atoms with Gasteiger partial charge in [0.15, 0.2) is 5.82 Å². The summed E-state index contributed by atoms with van der Waals surface area (Å²) in [4.78, 5) is 7.03. The number of aliphatic hydroxyl groups excluding tert-OH is 1. The number of aromatic nitrogens is 4. The Balaban J connectivity index is 2.35. The number of nitrogens with one attached hydrogen (secondary N) is 1. The van der Waals surface area contributed by atoms with E-state index in [9.17, 15) is 0 Å². The normalized spacial score (nSPS) is 10.6. The van der Waals surface area contributed by atoms with Gasteiger partial charge in [0.1, 0.15) is 5.69 Å². The molecule has 2 heterocycles. The van der Waals surface area contributed by atoms with E-state index in [1.165, 1.54) is 0 Å². The summed E-state index contributed by atoms with van der Waals surface area (Å²) in [5.74, 6) is 0.685. The maximum absolute atomic E-state index is 8.81. The topological polar surface area (TPSA) is 66.7 Å². The first-order valence-electron chi connectivity index (χ1n) is 3.94. The van der Waals surface area contributed by atoms with Crippen molar-refractivity contribution in [3.63, 3.8) is 0 Å². The van der Waals surface area contributed by atoms with Crippen LogP contribution in [0.2, 0.25) is 0 Å². The third kappa shape index (κ3) is 1.46. The van der Waals surface area contributed by atoms with E-state index in [1.54, 1.807) is 10.9 Å². The molecule has 0 aliphatic heterocycles. The van der Waals surface area contributed by atoms with Crippen LogP contribution in [0.5, 0.6) is 0 Å². The van der Waals surface area contributed by atoms with Crippen LogP contribution in [0.4, 0.5) is 0 Å². The van der Waals surface area contributed by atoms with Gasteiger partial charge in [0.2, 0.25) is 0 Å². The van der Waals surface area contributed by atoms with Gasteiger partial charge in [-0.1, -0.05) is 0 Å². The van der Waals surface area contributed by atoms with E-state index < -0.39 is 0 Å². The highest BCUT2D eigenvalue weighted by Gasteiger charge is 2.04. The van der Waals surface area contributed by atoms with Gasteiger partial charge in [0.25, 0.3) is 0 Å². The quantitative estimate of drug-likeness (QED) is 0.695. The molecule has 13 heavy (non-hydrogen) atoms. The summed E-state index contributed by atoms with van der Waals surface area (Å²) in [6.45, 7) is -0.0279. The van der Waals surface area contributed by atoms with Crippen molar-refractivity contribution < 1.29 is 5.11 Å². The Bertz CT molecular complexity index is 404. The summed E-state index contributed by atoms with van der Waals surface area (Å²) < 4.78 is 1.70. The van der Waals surface area contributed by atoms with E-state index in [4.69, 9.17) is 5.11 Å². The number of nitrogens with zero attached hydrogens (tertiary/aromatic N) is 3. The highest BCUT2D eigenvalue weighted by Crippen LogP contribution is 2.11. The van der Waals surface area contributed by atoms with Crippen molar-refractivity contribution in [2.75, 3.05) is 0 Å². The summed E-state index contributed by atoms with van der Waals surface area (Å²) in [5, 5.41) is 13.0. The number of rotatable bonds is 2. The molecule has 2 aromatic heterocycles. The van der Waals surface area contributed by atoms with E-state index in [0.717, 1.165) is 5.69 Å². The van der Waals surface area contributed by atoms with Crippen LogP contribution in [0, 0.1) is 0 Å². The molecule has 0 unspecified atom stereocenters. The third-order valence-electron chi connectivity index (χ3n) is 1.76. The fourth-order valence-corrected chi connectivity index (χ4v) is 1.11. The lowest BCUT2D eigenvalue weighted by Gasteiger charge is -1.89. The zero-order chi connectivity index (χ0) is 9.26. The highest BCUT2D eigenvalue weighted by atomic mass is 16.3. The van der Waals surface area contributed by atoms with Crippen LogP contribution >= 0.6 is 0 Å². The first-order chi connectivity index (χ1) is 6.29. The minimum atomic E-state index is -0.0279. The molecule has 0 fully saturated rings. The van der Waals surface area contributed by atoms with Crippen molar-refractivity contribution in [2.24, 2.45) is 7.05 Å². The molecule has 0 saturated carbocycles. The fraction of sp³-hybridized carbons (Fsp3) is 0.250. The standard InChI is InChI=1S/C8H10N4O/c1-12-3-2-7(11-12)8-9-4-6(5-13)10-8/h2-4,13H,5H2,1H3,(H,9,10). The number of hydrogen-bond acceptors (Lipinski definition) is 3. The summed E-state index contributed by atoms with van der Waals surface area (Å²) in [6.07, 6.45) is 3.44. The van der Waals surface area contributed by atoms with Crippen molar-refractivity contribution in [1.82, 2.24) is 19.7 Å². The molecule has 0 spiro atoms. The number of aryl methyl sites for hydroxylation is 1. The number of aliphatic hydroxyl groups is 1. The molecule has 0 amide bonds. The van der Waals surface area contributed by atoms with E-state index in [0.29, 0.717) is 11.5 Å². The van der Waals surface area contributed by atoms with Crippen LogP contribution in [0.3, 0.4) is 0 Å². The zero-order valence-electron chi connectivity index (χ0n) is 7.23. The summed E-state index contributed by atoms with van der Waals surface area (Å²) in [6, 6.07) is 1.86. The Morgan fingerprint density at radius 2 is 2.46 bits per heavy atom. The fourth-order valence-electron chi connectivity index (χ4n) is 1.11. The van der Waals surface area contributed by atoms with Gasteiger partial charge >= 0.3 is 0 Å². The van der Waals surface area contributed by atoms with Crippen molar-refractivity contribution >= 4 is 0 Å². The number of hydrogen-bond donors (Lipinski definition) is 2. The Morgan fingerprint density at radius 1 is 1.62 bits per heavy atom. The molecule has 2 N–H and O–H groups in total. The van der Waals surface area contributed by atoms with Gasteiger partial charge in [-0.05, 0) is 6.07 Å². The van der Waals surface area contributed by atoms with E-state index in [-0.39, 0.29) is 6.61 Å². The average Bonchev–Trinajstić information content (AvgIpc) is 2.71. The van der Waals surface area contributed by atoms with Gasteiger partial charge in [0.05, 0.1) is 18.5 Å². The van der Waals surface area contributed by atoms with Gasteiger partial charge in [-0.3, -0.25) is 4.68 Å². The summed E-state index contributed by atoms with van der Waals surface area (Å²) in [7, 11) is 1.85. The molecule has 2 rings (SSSR count). The molecule has 0 aromatic carbocycles. The van der Waals surface area contributed by atoms with E-state index in [1.807, 2.05) is 19.3 Å². The van der Waals surface area contributed by atoms with Crippen LogP contribution in [0.15, 0.2) is 18.5 Å². The third-order valence-corrected chi connectivity index (χ3v) is 1.76. The minimum Gasteiger partial charge on any atom is -0.390 e. The average molecular weight is 178 g/mol. The zero-order valence-corrected chi connectivity index (χ0v) is 7.23. The monoisotopic (exact) mass is 178 g/mol. The van der Waals surface area contributed by atoms with Crippen LogP contribution in [0.1, 0.15) is 5.69 Å². The molecular weight excluding hydrogens is 168 g/mol. The largest absolute Gasteiger partial charge is 0.390 e. The molecule has 0 saturated heterocycles.